The van der Waals surface area contributed by atoms with Gasteiger partial charge in [-0.25, -0.2) is 0 Å². The van der Waals surface area contributed by atoms with Gasteiger partial charge in [0.25, 0.3) is 0 Å². The first kappa shape index (κ1) is 15.7. The summed E-state index contributed by atoms with van der Waals surface area (Å²) in [6.45, 7) is 0. The van der Waals surface area contributed by atoms with Crippen LogP contribution in [0.3, 0.4) is 0 Å². The fourth-order valence-electron chi connectivity index (χ4n) is 0. The third kappa shape index (κ3) is 41.5. The van der Waals surface area contributed by atoms with E-state index in [-0.39, 0.29) is 31.0 Å². The molecule has 0 saturated heterocycles. The van der Waals surface area contributed by atoms with Gasteiger partial charge in [-0.1, -0.05) is 0 Å². The average Bonchev–Trinajstić information content (AvgIpc) is 1.81. The fourth-order valence-corrected chi connectivity index (χ4v) is 0. The van der Waals surface area contributed by atoms with Gasteiger partial charge in [0.2, 0.25) is 0 Å². The van der Waals surface area contributed by atoms with Gasteiger partial charge in [-0.05, 0) is 0 Å². The first-order valence-corrected chi connectivity index (χ1v) is 2.96. The Morgan fingerprint density at radius 3 is 1.17 bits per heavy atom. The summed E-state index contributed by atoms with van der Waals surface area (Å²) < 4.78 is 24.6. The molecule has 6 heteroatoms. The van der Waals surface area contributed by atoms with Crippen LogP contribution in [0.1, 0.15) is 0 Å². The Hall–Kier alpha value is 1.79. The Morgan fingerprint density at radius 1 is 1.17 bits per heavy atom. The maximum absolute atomic E-state index is 8.38. The molecule has 0 saturated carbocycles. The molecule has 0 N–H and O–H groups in total. The molecule has 0 heterocycles. The van der Waals surface area contributed by atoms with E-state index in [1.54, 1.807) is 0 Å². The Labute approximate surface area is 76.3 Å². The molecule has 3 nitrogen and oxygen atoms in total. The van der Waals surface area contributed by atoms with Crippen LogP contribution >= 0.6 is 0 Å². The molecule has 0 fully saturated rings. The van der Waals surface area contributed by atoms with Crippen molar-refractivity contribution in [1.29, 1.82) is 0 Å². The van der Waals surface area contributed by atoms with Crippen molar-refractivity contribution in [1.82, 2.24) is 0 Å². The summed E-state index contributed by atoms with van der Waals surface area (Å²) in [5, 5.41) is 0. The minimum atomic E-state index is 0.100. The van der Waals surface area contributed by atoms with Crippen molar-refractivity contribution < 1.29 is 77.5 Å². The van der Waals surface area contributed by atoms with Gasteiger partial charge in [0.15, 0.2) is 0 Å². The average molecular weight is 346 g/mol. The molecule has 0 amide bonds. The molecular weight excluding hydrogens is 346 g/mol. The van der Waals surface area contributed by atoms with Crippen molar-refractivity contribution in [3.8, 4) is 0 Å². The molecule has 0 aliphatic heterocycles. The van der Waals surface area contributed by atoms with E-state index >= 15 is 0 Å². The van der Waals surface area contributed by atoms with Crippen LogP contribution in [-0.4, -0.2) is 0 Å². The first-order chi connectivity index (χ1) is 3.00. The number of rotatable bonds is 0. The van der Waals surface area contributed by atoms with E-state index < -0.39 is 0 Å². The molecule has 6 heavy (non-hydrogen) atoms. The summed E-state index contributed by atoms with van der Waals surface area (Å²) in [5.41, 5.74) is 0. The second-order valence-corrected chi connectivity index (χ2v) is 0. The van der Waals surface area contributed by atoms with Crippen LogP contribution in [0.4, 0.5) is 0 Å². The van der Waals surface area contributed by atoms with E-state index in [0.717, 1.165) is 0 Å². The van der Waals surface area contributed by atoms with Crippen LogP contribution in [-0.2, 0) is 77.5 Å². The van der Waals surface area contributed by atoms with Gasteiger partial charge in [0.05, 0.1) is 0 Å². The zero-order valence-electron chi connectivity index (χ0n) is 2.45. The van der Waals surface area contributed by atoms with Crippen LogP contribution in [0.15, 0.2) is 0 Å². The van der Waals surface area contributed by atoms with E-state index in [2.05, 4.69) is 0 Å². The van der Waals surface area contributed by atoms with Gasteiger partial charge >= 0.3 is 77.5 Å². The van der Waals surface area contributed by atoms with Crippen molar-refractivity contribution in [2.24, 2.45) is 0 Å². The third-order valence-corrected chi connectivity index (χ3v) is 0. The van der Waals surface area contributed by atoms with Crippen LogP contribution < -0.4 is 0 Å². The minimum absolute atomic E-state index is 0.100. The van der Waals surface area contributed by atoms with Gasteiger partial charge in [-0.3, -0.25) is 0 Å². The van der Waals surface area contributed by atoms with E-state index in [1.807, 2.05) is 0 Å². The summed E-state index contributed by atoms with van der Waals surface area (Å²) in [6.07, 6.45) is 0. The summed E-state index contributed by atoms with van der Waals surface area (Å²) >= 11 is 2.90. The Morgan fingerprint density at radius 2 is 1.17 bits per heavy atom. The van der Waals surface area contributed by atoms with Gasteiger partial charge in [0.1, 0.15) is 0 Å². The van der Waals surface area contributed by atoms with Gasteiger partial charge in [-0.15, -0.1) is 0 Å². The van der Waals surface area contributed by atoms with Crippen LogP contribution in [0.25, 0.3) is 0 Å². The second-order valence-electron chi connectivity index (χ2n) is 0. The van der Waals surface area contributed by atoms with Gasteiger partial charge < -0.3 is 0 Å². The summed E-state index contributed by atoms with van der Waals surface area (Å²) in [4.78, 5) is 0. The molecular formula is O3PdRhY. The maximum atomic E-state index is 8.38. The fraction of sp³-hybridized carbons (Fsp3) is 0. The number of hydrogen-bond donors (Lipinski definition) is 0. The zero-order valence-corrected chi connectivity index (χ0v) is 8.48. The molecule has 0 aliphatic rings. The Bertz CT molecular complexity index is 15.5. The van der Waals surface area contributed by atoms with E-state index in [4.69, 9.17) is 9.09 Å². The van der Waals surface area contributed by atoms with Gasteiger partial charge in [0, 0.05) is 0 Å². The van der Waals surface area contributed by atoms with E-state index in [9.17, 15) is 0 Å². The third-order valence-electron chi connectivity index (χ3n) is 0. The SMILES string of the molecule is [O]=[Pd].[O]=[Rh].[O]=[Y]. The number of hydrogen-bond acceptors (Lipinski definition) is 3. The quantitative estimate of drug-likeness (QED) is 0.563. The molecule has 0 spiro atoms. The molecule has 0 aromatic heterocycles. The van der Waals surface area contributed by atoms with Gasteiger partial charge in [-0.2, -0.15) is 0 Å². The Balaban J connectivity index is -0.0000000225. The van der Waals surface area contributed by atoms with Crippen molar-refractivity contribution >= 4 is 0 Å². The Kier molecular flexibility index (Phi) is 185. The topological polar surface area (TPSA) is 51.2 Å². The molecule has 0 aliphatic carbocycles. The normalized spacial score (nSPS) is 2.83. The molecule has 0 radical (unpaired) electrons. The van der Waals surface area contributed by atoms with Crippen molar-refractivity contribution in [2.75, 3.05) is 0 Å². The predicted octanol–water partition coefficient (Wildman–Crippen LogP) is -0.364. The van der Waals surface area contributed by atoms with Crippen LogP contribution in [0.5, 0.6) is 0 Å². The van der Waals surface area contributed by atoms with Crippen molar-refractivity contribution in [2.45, 2.75) is 0 Å². The van der Waals surface area contributed by atoms with Crippen molar-refractivity contribution in [3.63, 3.8) is 0 Å². The molecule has 0 atom stereocenters. The zero-order chi connectivity index (χ0) is 6.00. The molecule has 0 aromatic carbocycles. The molecule has 0 unspecified atom stereocenters. The van der Waals surface area contributed by atoms with E-state index in [1.165, 1.54) is 37.4 Å². The monoisotopic (exact) mass is 346 g/mol. The summed E-state index contributed by atoms with van der Waals surface area (Å²) in [5.74, 6) is 0. The predicted molar refractivity (Wildman–Crippen MR) is 2.06 cm³/mol. The molecule has 0 aromatic rings. The second kappa shape index (κ2) is 71.1. The standard InChI is InChI=1S/3O.Pd.Rh.Y. The summed E-state index contributed by atoms with van der Waals surface area (Å²) in [6, 6.07) is 0. The van der Waals surface area contributed by atoms with Crippen LogP contribution in [0.2, 0.25) is 0 Å². The first-order valence-electron chi connectivity index (χ1n) is 0.501. The molecule has 0 bridgehead atoms. The van der Waals surface area contributed by atoms with Crippen LogP contribution in [0, 0.1) is 0 Å². The summed E-state index contributed by atoms with van der Waals surface area (Å²) in [7, 11) is 0. The molecule has 40 valence electrons. The van der Waals surface area contributed by atoms with Crippen molar-refractivity contribution in [3.05, 3.63) is 0 Å². The molecule has 0 rings (SSSR count). The van der Waals surface area contributed by atoms with E-state index in [0.29, 0.717) is 0 Å².